The molecule has 0 aliphatic heterocycles. The molecule has 0 saturated carbocycles. The molecule has 0 fully saturated rings. The molecule has 0 aliphatic carbocycles. The maximum absolute atomic E-state index is 11.8. The summed E-state index contributed by atoms with van der Waals surface area (Å²) in [7, 11) is 0. The van der Waals surface area contributed by atoms with Gasteiger partial charge in [-0.25, -0.2) is 0 Å². The average Bonchev–Trinajstić information content (AvgIpc) is 2.38. The molecule has 1 amide bonds. The molecule has 0 spiro atoms. The minimum absolute atomic E-state index is 0.109. The van der Waals surface area contributed by atoms with E-state index in [-0.39, 0.29) is 11.0 Å². The van der Waals surface area contributed by atoms with Gasteiger partial charge < -0.3 is 10.3 Å². The van der Waals surface area contributed by atoms with Crippen molar-refractivity contribution < 1.29 is 4.79 Å². The Balaban J connectivity index is 2.03. The number of pyridine rings is 2. The number of hydrogen-bond acceptors (Lipinski definition) is 3. The number of aromatic amines is 1. The summed E-state index contributed by atoms with van der Waals surface area (Å²) in [6.45, 7) is 2.24. The summed E-state index contributed by atoms with van der Waals surface area (Å²) in [5.74, 6) is -0.391. The van der Waals surface area contributed by atoms with Crippen LogP contribution in [-0.2, 0) is 6.54 Å². The van der Waals surface area contributed by atoms with E-state index in [1.165, 1.54) is 18.5 Å². The van der Waals surface area contributed by atoms with Crippen molar-refractivity contribution in [2.24, 2.45) is 0 Å². The van der Waals surface area contributed by atoms with Gasteiger partial charge in [0.05, 0.1) is 0 Å². The highest BCUT2D eigenvalue weighted by Crippen LogP contribution is 1.99. The van der Waals surface area contributed by atoms with Gasteiger partial charge in [0.25, 0.3) is 5.91 Å². The van der Waals surface area contributed by atoms with E-state index in [0.29, 0.717) is 6.54 Å². The van der Waals surface area contributed by atoms with Crippen LogP contribution in [0.25, 0.3) is 0 Å². The summed E-state index contributed by atoms with van der Waals surface area (Å²) in [4.78, 5) is 30.0. The molecule has 0 atom stereocenters. The van der Waals surface area contributed by atoms with Crippen LogP contribution in [-0.4, -0.2) is 15.9 Å². The van der Waals surface area contributed by atoms with Crippen LogP contribution in [0, 0.1) is 6.92 Å². The van der Waals surface area contributed by atoms with E-state index < -0.39 is 5.91 Å². The standard InChI is InChI=1S/C13H13N3O2/c1-9-2-3-10(6-15-9)7-16-13(18)11-8-14-5-4-12(11)17/h2-6,8H,7H2,1H3,(H,14,17)(H,16,18). The second-order valence-corrected chi connectivity index (χ2v) is 3.91. The van der Waals surface area contributed by atoms with Crippen molar-refractivity contribution in [3.63, 3.8) is 0 Å². The van der Waals surface area contributed by atoms with Gasteiger partial charge >= 0.3 is 0 Å². The molecule has 2 rings (SSSR count). The SMILES string of the molecule is Cc1ccc(CNC(=O)c2c[nH]ccc2=O)cn1. The zero-order valence-electron chi connectivity index (χ0n) is 9.93. The van der Waals surface area contributed by atoms with Crippen LogP contribution in [0.4, 0.5) is 0 Å². The molecule has 5 heteroatoms. The fourth-order valence-corrected chi connectivity index (χ4v) is 1.47. The van der Waals surface area contributed by atoms with Crippen LogP contribution < -0.4 is 10.7 Å². The second-order valence-electron chi connectivity index (χ2n) is 3.91. The van der Waals surface area contributed by atoms with Crippen LogP contribution in [0.2, 0.25) is 0 Å². The zero-order valence-corrected chi connectivity index (χ0v) is 9.93. The molecule has 18 heavy (non-hydrogen) atoms. The van der Waals surface area contributed by atoms with E-state index in [9.17, 15) is 9.59 Å². The Morgan fingerprint density at radius 1 is 1.39 bits per heavy atom. The molecule has 0 saturated heterocycles. The smallest absolute Gasteiger partial charge is 0.257 e. The number of hydrogen-bond donors (Lipinski definition) is 2. The van der Waals surface area contributed by atoms with Crippen LogP contribution in [0.1, 0.15) is 21.6 Å². The van der Waals surface area contributed by atoms with Crippen molar-refractivity contribution in [2.45, 2.75) is 13.5 Å². The molecule has 2 heterocycles. The van der Waals surface area contributed by atoms with Crippen molar-refractivity contribution in [3.8, 4) is 0 Å². The van der Waals surface area contributed by atoms with Crippen molar-refractivity contribution >= 4 is 5.91 Å². The molecule has 5 nitrogen and oxygen atoms in total. The third kappa shape index (κ3) is 2.82. The second kappa shape index (κ2) is 5.27. The summed E-state index contributed by atoms with van der Waals surface area (Å²) in [6.07, 6.45) is 4.58. The number of amides is 1. The first-order chi connectivity index (χ1) is 8.66. The topological polar surface area (TPSA) is 74.8 Å². The number of aryl methyl sites for hydroxylation is 1. The molecule has 2 aromatic rings. The molecule has 0 bridgehead atoms. The molecule has 92 valence electrons. The van der Waals surface area contributed by atoms with Gasteiger partial charge in [-0.05, 0) is 18.6 Å². The number of carbonyl (C=O) groups is 1. The fraction of sp³-hybridized carbons (Fsp3) is 0.154. The number of aromatic nitrogens is 2. The monoisotopic (exact) mass is 243 g/mol. The third-order valence-corrected chi connectivity index (χ3v) is 2.49. The molecule has 2 aromatic heterocycles. The molecule has 2 N–H and O–H groups in total. The Hall–Kier alpha value is -2.43. The van der Waals surface area contributed by atoms with Crippen LogP contribution in [0.5, 0.6) is 0 Å². The Kier molecular flexibility index (Phi) is 3.52. The average molecular weight is 243 g/mol. The zero-order chi connectivity index (χ0) is 13.0. The summed E-state index contributed by atoms with van der Waals surface area (Å²) in [5, 5.41) is 2.68. The van der Waals surface area contributed by atoms with Gasteiger partial charge in [0.1, 0.15) is 5.56 Å². The lowest BCUT2D eigenvalue weighted by Crippen LogP contribution is -2.28. The van der Waals surface area contributed by atoms with Crippen molar-refractivity contribution in [1.29, 1.82) is 0 Å². The maximum Gasteiger partial charge on any atom is 0.257 e. The Bertz CT molecular complexity index is 602. The minimum atomic E-state index is -0.391. The van der Waals surface area contributed by atoms with Gasteiger partial charge in [0.15, 0.2) is 5.43 Å². The van der Waals surface area contributed by atoms with Crippen LogP contribution >= 0.6 is 0 Å². The van der Waals surface area contributed by atoms with Gasteiger partial charge in [-0.3, -0.25) is 14.6 Å². The van der Waals surface area contributed by atoms with Crippen LogP contribution in [0.3, 0.4) is 0 Å². The van der Waals surface area contributed by atoms with Gasteiger partial charge in [0, 0.05) is 36.9 Å². The predicted octanol–water partition coefficient (Wildman–Crippen LogP) is 1.01. The van der Waals surface area contributed by atoms with Crippen LogP contribution in [0.15, 0.2) is 41.6 Å². The molecule has 0 unspecified atom stereocenters. The summed E-state index contributed by atoms with van der Waals surface area (Å²) < 4.78 is 0. The lowest BCUT2D eigenvalue weighted by molar-refractivity contribution is 0.0949. The first-order valence-corrected chi connectivity index (χ1v) is 5.53. The van der Waals surface area contributed by atoms with E-state index in [0.717, 1.165) is 11.3 Å². The number of nitrogens with one attached hydrogen (secondary N) is 2. The van der Waals surface area contributed by atoms with Gasteiger partial charge in [0.2, 0.25) is 0 Å². The van der Waals surface area contributed by atoms with E-state index >= 15 is 0 Å². The molecule has 0 aromatic carbocycles. The molecular weight excluding hydrogens is 230 g/mol. The highest BCUT2D eigenvalue weighted by Gasteiger charge is 2.08. The summed E-state index contributed by atoms with van der Waals surface area (Å²) in [5.41, 5.74) is 1.62. The highest BCUT2D eigenvalue weighted by molar-refractivity contribution is 5.93. The number of carbonyl (C=O) groups excluding carboxylic acids is 1. The molecule has 0 radical (unpaired) electrons. The largest absolute Gasteiger partial charge is 0.367 e. The van der Waals surface area contributed by atoms with E-state index in [1.54, 1.807) is 6.20 Å². The lowest BCUT2D eigenvalue weighted by atomic mass is 10.2. The number of rotatable bonds is 3. The number of nitrogens with zero attached hydrogens (tertiary/aromatic N) is 1. The van der Waals surface area contributed by atoms with Crippen molar-refractivity contribution in [1.82, 2.24) is 15.3 Å². The Morgan fingerprint density at radius 3 is 2.89 bits per heavy atom. The van der Waals surface area contributed by atoms with E-state index in [1.807, 2.05) is 19.1 Å². The highest BCUT2D eigenvalue weighted by atomic mass is 16.2. The van der Waals surface area contributed by atoms with E-state index in [4.69, 9.17) is 0 Å². The van der Waals surface area contributed by atoms with Gasteiger partial charge in [-0.1, -0.05) is 6.07 Å². The minimum Gasteiger partial charge on any atom is -0.367 e. The van der Waals surface area contributed by atoms with Gasteiger partial charge in [-0.15, -0.1) is 0 Å². The number of H-pyrrole nitrogens is 1. The predicted molar refractivity (Wildman–Crippen MR) is 67.2 cm³/mol. The summed E-state index contributed by atoms with van der Waals surface area (Å²) >= 11 is 0. The van der Waals surface area contributed by atoms with Gasteiger partial charge in [-0.2, -0.15) is 0 Å². The maximum atomic E-state index is 11.8. The third-order valence-electron chi connectivity index (χ3n) is 2.49. The quantitative estimate of drug-likeness (QED) is 0.844. The summed E-state index contributed by atoms with van der Waals surface area (Å²) in [6, 6.07) is 5.08. The van der Waals surface area contributed by atoms with Crippen molar-refractivity contribution in [2.75, 3.05) is 0 Å². The van der Waals surface area contributed by atoms with E-state index in [2.05, 4.69) is 15.3 Å². The molecular formula is C13H13N3O2. The first kappa shape index (κ1) is 12.0. The normalized spacial score (nSPS) is 10.1. The Labute approximate surface area is 104 Å². The Morgan fingerprint density at radius 2 is 2.22 bits per heavy atom. The first-order valence-electron chi connectivity index (χ1n) is 5.53. The fourth-order valence-electron chi connectivity index (χ4n) is 1.47. The molecule has 0 aliphatic rings. The van der Waals surface area contributed by atoms with Crippen molar-refractivity contribution in [3.05, 3.63) is 63.8 Å². The lowest BCUT2D eigenvalue weighted by Gasteiger charge is -2.04.